The molecular formula is C24H21N5NiO13S3. The molecule has 4 aromatic carbocycles. The second kappa shape index (κ2) is 14.5. The maximum absolute atomic E-state index is 12.1. The Bertz CT molecular complexity index is 2080. The van der Waals surface area contributed by atoms with Crippen molar-refractivity contribution >= 4 is 71.5 Å². The number of phenols is 2. The molecule has 7 N–H and O–H groups in total. The summed E-state index contributed by atoms with van der Waals surface area (Å²) in [5.74, 6) is -0.839. The SMILES string of the molecule is COc1cc(N=Nc2cc(S(=O)(=O)O)ccc2O)c(N=Nc2c(SOOO)cc3c(S(=O)(=O)O)c(N)ccc3c2O)cc1OC.[Ni]. The molecule has 0 spiro atoms. The van der Waals surface area contributed by atoms with Crippen molar-refractivity contribution < 1.29 is 76.7 Å². The first-order valence-corrected chi connectivity index (χ1v) is 15.4. The average Bonchev–Trinajstić information content (AvgIpc) is 2.97. The van der Waals surface area contributed by atoms with Gasteiger partial charge >= 0.3 is 0 Å². The van der Waals surface area contributed by atoms with Gasteiger partial charge in [-0.3, -0.25) is 9.11 Å². The molecular weight excluding hydrogens is 721 g/mol. The molecule has 4 rings (SSSR count). The van der Waals surface area contributed by atoms with Gasteiger partial charge in [-0.05, 0) is 36.4 Å². The van der Waals surface area contributed by atoms with Gasteiger partial charge in [0.1, 0.15) is 33.4 Å². The molecule has 4 aromatic rings. The van der Waals surface area contributed by atoms with E-state index in [9.17, 15) is 36.2 Å². The van der Waals surface area contributed by atoms with Crippen LogP contribution in [0.4, 0.5) is 28.4 Å². The van der Waals surface area contributed by atoms with Gasteiger partial charge < -0.3 is 25.4 Å². The molecule has 0 saturated heterocycles. The maximum Gasteiger partial charge on any atom is 0.297 e. The number of rotatable bonds is 11. The molecule has 22 heteroatoms. The summed E-state index contributed by atoms with van der Waals surface area (Å²) in [7, 11) is -6.86. The zero-order valence-electron chi connectivity index (χ0n) is 23.0. The van der Waals surface area contributed by atoms with Crippen molar-refractivity contribution in [3.63, 3.8) is 0 Å². The Hall–Kier alpha value is -4.12. The van der Waals surface area contributed by atoms with E-state index in [-0.39, 0.29) is 84.1 Å². The number of hydrogen-bond donors (Lipinski definition) is 6. The molecule has 0 fully saturated rings. The fourth-order valence-corrected chi connectivity index (χ4v) is 5.68. The van der Waals surface area contributed by atoms with E-state index in [1.165, 1.54) is 32.4 Å². The van der Waals surface area contributed by atoms with Gasteiger partial charge in [-0.2, -0.15) is 16.8 Å². The molecule has 18 nitrogen and oxygen atoms in total. The number of benzene rings is 4. The van der Waals surface area contributed by atoms with Crippen molar-refractivity contribution in [2.24, 2.45) is 20.5 Å². The number of aromatic hydroxyl groups is 2. The monoisotopic (exact) mass is 741 g/mol. The Balaban J connectivity index is 0.00000576. The zero-order valence-corrected chi connectivity index (χ0v) is 26.5. The van der Waals surface area contributed by atoms with Gasteiger partial charge in [-0.1, -0.05) is 5.04 Å². The fraction of sp³-hybridized carbons (Fsp3) is 0.0833. The minimum Gasteiger partial charge on any atom is -0.506 e. The molecule has 0 unspecified atom stereocenters. The topological polar surface area (TPSA) is 282 Å². The van der Waals surface area contributed by atoms with Gasteiger partial charge in [0.15, 0.2) is 17.2 Å². The summed E-state index contributed by atoms with van der Waals surface area (Å²) in [5.41, 5.74) is 4.57. The fourth-order valence-electron chi connectivity index (χ4n) is 3.88. The molecule has 0 aliphatic heterocycles. The van der Waals surface area contributed by atoms with Crippen molar-refractivity contribution in [2.75, 3.05) is 20.0 Å². The summed E-state index contributed by atoms with van der Waals surface area (Å²) >= 11 is 0.280. The van der Waals surface area contributed by atoms with Crippen LogP contribution in [0.2, 0.25) is 0 Å². The van der Waals surface area contributed by atoms with Crippen LogP contribution >= 0.6 is 12.0 Å². The van der Waals surface area contributed by atoms with Crippen molar-refractivity contribution in [3.05, 3.63) is 48.5 Å². The molecule has 0 saturated carbocycles. The smallest absolute Gasteiger partial charge is 0.297 e. The largest absolute Gasteiger partial charge is 0.506 e. The van der Waals surface area contributed by atoms with Crippen molar-refractivity contribution in [2.45, 2.75) is 14.7 Å². The van der Waals surface area contributed by atoms with E-state index in [4.69, 9.17) is 20.5 Å². The van der Waals surface area contributed by atoms with Crippen LogP contribution in [0.5, 0.6) is 23.0 Å². The van der Waals surface area contributed by atoms with E-state index in [2.05, 4.69) is 29.8 Å². The molecule has 248 valence electrons. The van der Waals surface area contributed by atoms with E-state index in [0.29, 0.717) is 0 Å². The van der Waals surface area contributed by atoms with Gasteiger partial charge in [0.25, 0.3) is 20.2 Å². The summed E-state index contributed by atoms with van der Waals surface area (Å²) in [6, 6.07) is 8.91. The molecule has 0 radical (unpaired) electrons. The van der Waals surface area contributed by atoms with Gasteiger partial charge in [-0.15, -0.1) is 24.8 Å². The zero-order chi connectivity index (χ0) is 33.1. The van der Waals surface area contributed by atoms with Crippen LogP contribution in [-0.2, 0) is 46.1 Å². The Morgan fingerprint density at radius 3 is 1.89 bits per heavy atom. The van der Waals surface area contributed by atoms with E-state index < -0.39 is 41.5 Å². The molecule has 46 heavy (non-hydrogen) atoms. The molecule has 0 heterocycles. The number of nitrogens with zero attached hydrogens (tertiary/aromatic N) is 4. The van der Waals surface area contributed by atoms with E-state index in [1.807, 2.05) is 0 Å². The predicted molar refractivity (Wildman–Crippen MR) is 156 cm³/mol. The summed E-state index contributed by atoms with van der Waals surface area (Å²) < 4.78 is 81.3. The number of nitrogens with two attached hydrogens (primary N) is 1. The first-order chi connectivity index (χ1) is 21.2. The number of anilines is 1. The molecule has 0 bridgehead atoms. The predicted octanol–water partition coefficient (Wildman–Crippen LogP) is 5.60. The van der Waals surface area contributed by atoms with E-state index in [1.54, 1.807) is 0 Å². The van der Waals surface area contributed by atoms with Crippen molar-refractivity contribution in [1.29, 1.82) is 0 Å². The first-order valence-electron chi connectivity index (χ1n) is 11.8. The number of phenolic OH excluding ortho intramolecular Hbond substituents is 2. The quantitative estimate of drug-likeness (QED) is 0.0207. The number of methoxy groups -OCH3 is 2. The summed E-state index contributed by atoms with van der Waals surface area (Å²) in [6.07, 6.45) is 0. The van der Waals surface area contributed by atoms with Gasteiger partial charge in [-0.25, -0.2) is 5.26 Å². The van der Waals surface area contributed by atoms with E-state index >= 15 is 0 Å². The third kappa shape index (κ3) is 7.81. The standard InChI is InChI=1S/C24H21N5O13S3.Ni/c1-39-19-9-15(26-28-17-7-11(44(33,34)35)3-6-18(17)30)16(10-20(19)40-2)27-29-22-21(43-42-41-32)8-13-12(23(22)31)4-5-14(25)24(13)45(36,37)38;/h3-10,30-32H,25H2,1-2H3,(H,33,34,35)(H,36,37,38);. The molecule has 0 aliphatic carbocycles. The average molecular weight is 742 g/mol. The van der Waals surface area contributed by atoms with Crippen LogP contribution in [0, 0.1) is 0 Å². The number of azo groups is 2. The second-order valence-corrected chi connectivity index (χ2v) is 12.1. The number of nitrogen functional groups attached to an aromatic ring is 1. The Morgan fingerprint density at radius 1 is 0.761 bits per heavy atom. The van der Waals surface area contributed by atoms with Crippen LogP contribution in [0.1, 0.15) is 0 Å². The Labute approximate surface area is 274 Å². The van der Waals surface area contributed by atoms with Crippen LogP contribution in [0.3, 0.4) is 0 Å². The Kier molecular flexibility index (Phi) is 11.5. The van der Waals surface area contributed by atoms with Gasteiger partial charge in [0.05, 0.1) is 41.7 Å². The summed E-state index contributed by atoms with van der Waals surface area (Å²) in [5, 5.41) is 49.1. The summed E-state index contributed by atoms with van der Waals surface area (Å²) in [6.45, 7) is 0. The van der Waals surface area contributed by atoms with E-state index in [0.717, 1.165) is 30.3 Å². The number of fused-ring (bicyclic) bond motifs is 1. The minimum atomic E-state index is -4.88. The normalized spacial score (nSPS) is 12.1. The second-order valence-electron chi connectivity index (χ2n) is 8.57. The molecule has 0 aliphatic rings. The third-order valence-corrected chi connectivity index (χ3v) is 8.32. The molecule has 0 aromatic heterocycles. The molecule has 0 atom stereocenters. The minimum absolute atomic E-state index is 0. The number of hydrogen-bond acceptors (Lipinski definition) is 17. The van der Waals surface area contributed by atoms with Crippen molar-refractivity contribution in [1.82, 2.24) is 0 Å². The number of ether oxygens (including phenoxy) is 2. The third-order valence-electron chi connectivity index (χ3n) is 5.88. The summed E-state index contributed by atoms with van der Waals surface area (Å²) in [4.78, 5) is -1.45. The Morgan fingerprint density at radius 2 is 1.35 bits per heavy atom. The van der Waals surface area contributed by atoms with Crippen LogP contribution < -0.4 is 15.2 Å². The van der Waals surface area contributed by atoms with Crippen molar-refractivity contribution in [3.8, 4) is 23.0 Å². The van der Waals surface area contributed by atoms with Crippen LogP contribution in [-0.4, -0.2) is 55.6 Å². The molecule has 0 amide bonds. The first kappa shape index (κ1) is 36.4. The maximum atomic E-state index is 12.1. The van der Waals surface area contributed by atoms with Crippen LogP contribution in [0.25, 0.3) is 10.8 Å². The van der Waals surface area contributed by atoms with Gasteiger partial charge in [0.2, 0.25) is 0 Å². The van der Waals surface area contributed by atoms with Gasteiger partial charge in [0, 0.05) is 39.4 Å². The van der Waals surface area contributed by atoms with Crippen LogP contribution in [0.15, 0.2) is 83.7 Å².